The number of nitroso groups, excluding NO2 is 1. The molecule has 0 spiro atoms. The van der Waals surface area contributed by atoms with Crippen molar-refractivity contribution in [3.8, 4) is 0 Å². The van der Waals surface area contributed by atoms with Crippen molar-refractivity contribution in [2.24, 2.45) is 5.18 Å². The SMILES string of the molecule is CCN(Cc1ccc(C2CCCCC2)cc1)C(=O)N(C)CCN=O. The van der Waals surface area contributed by atoms with Gasteiger partial charge in [0.1, 0.15) is 0 Å². The molecule has 5 nitrogen and oxygen atoms in total. The van der Waals surface area contributed by atoms with Crippen LogP contribution in [-0.4, -0.2) is 42.5 Å². The van der Waals surface area contributed by atoms with E-state index < -0.39 is 0 Å². The molecule has 0 N–H and O–H groups in total. The first-order chi connectivity index (χ1) is 11.7. The highest BCUT2D eigenvalue weighted by molar-refractivity contribution is 5.74. The molecule has 0 aliphatic heterocycles. The minimum absolute atomic E-state index is 0.0579. The number of benzene rings is 1. The zero-order valence-corrected chi connectivity index (χ0v) is 14.9. The Hall–Kier alpha value is -1.91. The normalized spacial score (nSPS) is 15.1. The fourth-order valence-electron chi connectivity index (χ4n) is 3.39. The number of hydrogen-bond acceptors (Lipinski definition) is 3. The van der Waals surface area contributed by atoms with Crippen LogP contribution in [0.1, 0.15) is 56.1 Å². The van der Waals surface area contributed by atoms with E-state index in [1.54, 1.807) is 16.8 Å². The van der Waals surface area contributed by atoms with Gasteiger partial charge in [0.05, 0.1) is 6.54 Å². The van der Waals surface area contributed by atoms with E-state index in [-0.39, 0.29) is 12.6 Å². The van der Waals surface area contributed by atoms with Crippen LogP contribution in [0.15, 0.2) is 29.4 Å². The lowest BCUT2D eigenvalue weighted by Gasteiger charge is -2.27. The van der Waals surface area contributed by atoms with Gasteiger partial charge in [-0.1, -0.05) is 48.7 Å². The highest BCUT2D eigenvalue weighted by Gasteiger charge is 2.18. The summed E-state index contributed by atoms with van der Waals surface area (Å²) < 4.78 is 0. The molecule has 0 atom stereocenters. The Morgan fingerprint density at radius 1 is 1.17 bits per heavy atom. The van der Waals surface area contributed by atoms with E-state index in [2.05, 4.69) is 29.4 Å². The molecule has 0 heterocycles. The minimum Gasteiger partial charge on any atom is -0.326 e. The summed E-state index contributed by atoms with van der Waals surface area (Å²) in [4.78, 5) is 26.0. The van der Waals surface area contributed by atoms with Crippen LogP contribution in [0.4, 0.5) is 4.79 Å². The third-order valence-electron chi connectivity index (χ3n) is 4.94. The summed E-state index contributed by atoms with van der Waals surface area (Å²) in [6, 6.07) is 8.69. The van der Waals surface area contributed by atoms with Gasteiger partial charge in [-0.05, 0) is 36.8 Å². The van der Waals surface area contributed by atoms with Gasteiger partial charge in [0, 0.05) is 26.7 Å². The first-order valence-electron chi connectivity index (χ1n) is 9.03. The van der Waals surface area contributed by atoms with Gasteiger partial charge in [-0.2, -0.15) is 4.91 Å². The van der Waals surface area contributed by atoms with Crippen LogP contribution in [0.5, 0.6) is 0 Å². The number of likely N-dealkylation sites (N-methyl/N-ethyl adjacent to an activating group) is 1. The molecule has 1 aliphatic carbocycles. The Morgan fingerprint density at radius 3 is 2.42 bits per heavy atom. The van der Waals surface area contributed by atoms with Gasteiger partial charge in [-0.25, -0.2) is 4.79 Å². The Balaban J connectivity index is 1.94. The van der Waals surface area contributed by atoms with E-state index in [0.29, 0.717) is 25.6 Å². The molecule has 0 radical (unpaired) electrons. The standard InChI is InChI=1S/C19H29N3O2/c1-3-22(19(23)21(2)14-13-20-24)15-16-9-11-18(12-10-16)17-7-5-4-6-8-17/h9-12,17H,3-8,13-15H2,1-2H3. The molecule has 5 heteroatoms. The highest BCUT2D eigenvalue weighted by Crippen LogP contribution is 2.32. The Labute approximate surface area is 145 Å². The van der Waals surface area contributed by atoms with Crippen LogP contribution < -0.4 is 0 Å². The van der Waals surface area contributed by atoms with Crippen LogP contribution in [0.25, 0.3) is 0 Å². The second-order valence-electron chi connectivity index (χ2n) is 6.65. The molecule has 132 valence electrons. The second-order valence-corrected chi connectivity index (χ2v) is 6.65. The summed E-state index contributed by atoms with van der Waals surface area (Å²) in [5.41, 5.74) is 2.58. The third kappa shape index (κ3) is 5.05. The van der Waals surface area contributed by atoms with Gasteiger partial charge < -0.3 is 9.80 Å². The van der Waals surface area contributed by atoms with Crippen LogP contribution in [0.2, 0.25) is 0 Å². The van der Waals surface area contributed by atoms with Crippen molar-refractivity contribution in [2.45, 2.75) is 51.5 Å². The van der Waals surface area contributed by atoms with Gasteiger partial charge in [0.2, 0.25) is 0 Å². The topological polar surface area (TPSA) is 53.0 Å². The van der Waals surface area contributed by atoms with Crippen LogP contribution in [-0.2, 0) is 6.54 Å². The Bertz CT molecular complexity index is 524. The average molecular weight is 331 g/mol. The lowest BCUT2D eigenvalue weighted by molar-refractivity contribution is 0.164. The van der Waals surface area contributed by atoms with Gasteiger partial charge in [-0.3, -0.25) is 0 Å². The molecule has 0 aromatic heterocycles. The van der Waals surface area contributed by atoms with Crippen molar-refractivity contribution in [1.82, 2.24) is 9.80 Å². The van der Waals surface area contributed by atoms with Crippen molar-refractivity contribution >= 4 is 6.03 Å². The quantitative estimate of drug-likeness (QED) is 0.696. The van der Waals surface area contributed by atoms with Crippen LogP contribution >= 0.6 is 0 Å². The maximum absolute atomic E-state index is 12.4. The smallest absolute Gasteiger partial charge is 0.320 e. The molecule has 2 amide bonds. The molecular weight excluding hydrogens is 302 g/mol. The molecule has 0 bridgehead atoms. The van der Waals surface area contributed by atoms with E-state index in [4.69, 9.17) is 0 Å². The van der Waals surface area contributed by atoms with E-state index in [9.17, 15) is 9.70 Å². The van der Waals surface area contributed by atoms with Gasteiger partial charge in [0.25, 0.3) is 0 Å². The maximum Gasteiger partial charge on any atom is 0.320 e. The number of nitrogens with zero attached hydrogens (tertiary/aromatic N) is 3. The molecule has 0 saturated heterocycles. The molecule has 0 unspecified atom stereocenters. The summed E-state index contributed by atoms with van der Waals surface area (Å²) in [6.07, 6.45) is 6.65. The predicted octanol–water partition coefficient (Wildman–Crippen LogP) is 4.37. The molecular formula is C19H29N3O2. The van der Waals surface area contributed by atoms with E-state index in [1.165, 1.54) is 37.7 Å². The largest absolute Gasteiger partial charge is 0.326 e. The van der Waals surface area contributed by atoms with Gasteiger partial charge in [0.15, 0.2) is 0 Å². The summed E-state index contributed by atoms with van der Waals surface area (Å²) in [7, 11) is 1.71. The first-order valence-corrected chi connectivity index (χ1v) is 9.03. The Morgan fingerprint density at radius 2 is 1.83 bits per heavy atom. The molecule has 24 heavy (non-hydrogen) atoms. The predicted molar refractivity (Wildman–Crippen MR) is 97.0 cm³/mol. The molecule has 2 rings (SSSR count). The number of carbonyl (C=O) groups is 1. The molecule has 1 aromatic carbocycles. The number of amides is 2. The van der Waals surface area contributed by atoms with Crippen molar-refractivity contribution < 1.29 is 4.79 Å². The summed E-state index contributed by atoms with van der Waals surface area (Å²) in [5.74, 6) is 0.707. The Kier molecular flexibility index (Phi) is 7.22. The van der Waals surface area contributed by atoms with Crippen molar-refractivity contribution in [3.63, 3.8) is 0 Å². The van der Waals surface area contributed by atoms with E-state index in [0.717, 1.165) is 5.56 Å². The third-order valence-corrected chi connectivity index (χ3v) is 4.94. The van der Waals surface area contributed by atoms with Gasteiger partial charge >= 0.3 is 6.03 Å². The van der Waals surface area contributed by atoms with Crippen LogP contribution in [0.3, 0.4) is 0 Å². The molecule has 1 aliphatic rings. The molecule has 1 saturated carbocycles. The van der Waals surface area contributed by atoms with Gasteiger partial charge in [-0.15, -0.1) is 0 Å². The molecule has 1 fully saturated rings. The summed E-state index contributed by atoms with van der Waals surface area (Å²) in [6.45, 7) is 3.71. The number of hydrogen-bond donors (Lipinski definition) is 0. The molecule has 1 aromatic rings. The van der Waals surface area contributed by atoms with Crippen molar-refractivity contribution in [3.05, 3.63) is 40.3 Å². The lowest BCUT2D eigenvalue weighted by atomic mass is 9.84. The van der Waals surface area contributed by atoms with E-state index in [1.807, 2.05) is 6.92 Å². The fourth-order valence-corrected chi connectivity index (χ4v) is 3.39. The lowest BCUT2D eigenvalue weighted by Crippen LogP contribution is -2.41. The maximum atomic E-state index is 12.4. The zero-order valence-electron chi connectivity index (χ0n) is 14.9. The number of carbonyl (C=O) groups excluding carboxylic acids is 1. The monoisotopic (exact) mass is 331 g/mol. The van der Waals surface area contributed by atoms with Crippen molar-refractivity contribution in [1.29, 1.82) is 0 Å². The number of urea groups is 1. The summed E-state index contributed by atoms with van der Waals surface area (Å²) in [5, 5.41) is 2.82. The number of rotatable bonds is 7. The minimum atomic E-state index is -0.0579. The second kappa shape index (κ2) is 9.40. The zero-order chi connectivity index (χ0) is 17.4. The average Bonchev–Trinajstić information content (AvgIpc) is 2.64. The highest BCUT2D eigenvalue weighted by atomic mass is 16.3. The fraction of sp³-hybridized carbons (Fsp3) is 0.632. The van der Waals surface area contributed by atoms with Crippen molar-refractivity contribution in [2.75, 3.05) is 26.7 Å². The van der Waals surface area contributed by atoms with Crippen LogP contribution in [0, 0.1) is 4.91 Å². The summed E-state index contributed by atoms with van der Waals surface area (Å²) >= 11 is 0. The van der Waals surface area contributed by atoms with E-state index >= 15 is 0 Å². The first kappa shape index (κ1) is 18.4.